The smallest absolute Gasteiger partial charge is 0.412 e. The molecule has 178 valence electrons. The van der Waals surface area contributed by atoms with Crippen LogP contribution >= 0.6 is 0 Å². The van der Waals surface area contributed by atoms with E-state index in [0.717, 1.165) is 16.8 Å². The summed E-state index contributed by atoms with van der Waals surface area (Å²) in [4.78, 5) is 23.6. The Morgan fingerprint density at radius 2 is 1.94 bits per heavy atom. The molecule has 0 fully saturated rings. The lowest BCUT2D eigenvalue weighted by atomic mass is 9.98. The number of rotatable bonds is 6. The molecule has 0 bridgehead atoms. The highest BCUT2D eigenvalue weighted by molar-refractivity contribution is 5.92. The molecule has 0 saturated carbocycles. The SMILES string of the molecule is CCc1nn2cc(C[C@@H](C)c3nn4ccccc4c3NC(=O)OC(C)(C)C)ccc2c1[N+](=O)[O-]. The van der Waals surface area contributed by atoms with Gasteiger partial charge in [0.2, 0.25) is 0 Å². The fourth-order valence-corrected chi connectivity index (χ4v) is 4.03. The van der Waals surface area contributed by atoms with Crippen molar-refractivity contribution in [2.24, 2.45) is 0 Å². The molecule has 0 spiro atoms. The summed E-state index contributed by atoms with van der Waals surface area (Å²) in [5.74, 6) is -0.0709. The molecular weight excluding hydrogens is 436 g/mol. The largest absolute Gasteiger partial charge is 0.444 e. The zero-order valence-electron chi connectivity index (χ0n) is 19.9. The molecule has 0 aliphatic heterocycles. The molecule has 4 rings (SSSR count). The second-order valence-electron chi connectivity index (χ2n) is 9.30. The number of nitrogens with one attached hydrogen (secondary N) is 1. The molecule has 1 atom stereocenters. The number of carbonyl (C=O) groups excluding carboxylic acids is 1. The highest BCUT2D eigenvalue weighted by atomic mass is 16.6. The van der Waals surface area contributed by atoms with Crippen LogP contribution in [0.4, 0.5) is 16.2 Å². The van der Waals surface area contributed by atoms with Gasteiger partial charge in [-0.15, -0.1) is 0 Å². The summed E-state index contributed by atoms with van der Waals surface area (Å²) in [7, 11) is 0. The fourth-order valence-electron chi connectivity index (χ4n) is 4.03. The average molecular weight is 465 g/mol. The average Bonchev–Trinajstić information content (AvgIpc) is 3.30. The molecule has 0 saturated heterocycles. The Balaban J connectivity index is 1.66. The lowest BCUT2D eigenvalue weighted by molar-refractivity contribution is -0.383. The van der Waals surface area contributed by atoms with E-state index in [1.54, 1.807) is 15.1 Å². The number of nitrogens with zero attached hydrogens (tertiary/aromatic N) is 5. The Bertz CT molecular complexity index is 1380. The van der Waals surface area contributed by atoms with Crippen LogP contribution in [0.5, 0.6) is 0 Å². The second kappa shape index (κ2) is 8.77. The summed E-state index contributed by atoms with van der Waals surface area (Å²) < 4.78 is 8.75. The van der Waals surface area contributed by atoms with Crippen molar-refractivity contribution in [1.82, 2.24) is 19.2 Å². The predicted octanol–water partition coefficient (Wildman–Crippen LogP) is 5.15. The van der Waals surface area contributed by atoms with Gasteiger partial charge in [-0.3, -0.25) is 15.4 Å². The summed E-state index contributed by atoms with van der Waals surface area (Å²) in [6.07, 6.45) is 4.17. The predicted molar refractivity (Wildman–Crippen MR) is 128 cm³/mol. The Morgan fingerprint density at radius 3 is 2.62 bits per heavy atom. The first-order chi connectivity index (χ1) is 16.1. The molecule has 4 aromatic heterocycles. The van der Waals surface area contributed by atoms with Crippen molar-refractivity contribution in [3.63, 3.8) is 0 Å². The fraction of sp³-hybridized carbons (Fsp3) is 0.375. The molecule has 1 amide bonds. The highest BCUT2D eigenvalue weighted by Crippen LogP contribution is 2.32. The zero-order valence-corrected chi connectivity index (χ0v) is 19.9. The quantitative estimate of drug-likeness (QED) is 0.312. The number of amides is 1. The molecule has 0 radical (unpaired) electrons. The van der Waals surface area contributed by atoms with Crippen LogP contribution in [0, 0.1) is 10.1 Å². The van der Waals surface area contributed by atoms with Crippen molar-refractivity contribution in [3.05, 3.63) is 69.8 Å². The van der Waals surface area contributed by atoms with E-state index in [1.165, 1.54) is 0 Å². The molecule has 4 heterocycles. The van der Waals surface area contributed by atoms with Crippen LogP contribution < -0.4 is 5.32 Å². The van der Waals surface area contributed by atoms with Gasteiger partial charge in [-0.25, -0.2) is 13.8 Å². The van der Waals surface area contributed by atoms with Crippen LogP contribution in [0.3, 0.4) is 0 Å². The van der Waals surface area contributed by atoms with Crippen LogP contribution in [-0.4, -0.2) is 35.8 Å². The molecule has 4 aromatic rings. The third-order valence-corrected chi connectivity index (χ3v) is 5.45. The first-order valence-electron chi connectivity index (χ1n) is 11.2. The van der Waals surface area contributed by atoms with Gasteiger partial charge < -0.3 is 4.74 Å². The van der Waals surface area contributed by atoms with Crippen LogP contribution in [-0.2, 0) is 17.6 Å². The lowest BCUT2D eigenvalue weighted by Gasteiger charge is -2.20. The molecule has 10 nitrogen and oxygen atoms in total. The van der Waals surface area contributed by atoms with E-state index in [4.69, 9.17) is 9.84 Å². The molecule has 34 heavy (non-hydrogen) atoms. The molecule has 0 aromatic carbocycles. The minimum absolute atomic E-state index is 0.0475. The number of aryl methyl sites for hydroxylation is 1. The first-order valence-corrected chi connectivity index (χ1v) is 11.2. The number of anilines is 1. The van der Waals surface area contributed by atoms with Gasteiger partial charge in [0.1, 0.15) is 16.8 Å². The monoisotopic (exact) mass is 464 g/mol. The maximum Gasteiger partial charge on any atom is 0.412 e. The maximum absolute atomic E-state index is 12.5. The lowest BCUT2D eigenvalue weighted by Crippen LogP contribution is -2.27. The summed E-state index contributed by atoms with van der Waals surface area (Å²) >= 11 is 0. The normalized spacial score (nSPS) is 12.7. The van der Waals surface area contributed by atoms with Crippen molar-refractivity contribution in [2.75, 3.05) is 5.32 Å². The van der Waals surface area contributed by atoms with Crippen molar-refractivity contribution >= 4 is 28.5 Å². The third kappa shape index (κ3) is 4.57. The third-order valence-electron chi connectivity index (χ3n) is 5.45. The van der Waals surface area contributed by atoms with E-state index in [-0.39, 0.29) is 16.5 Å². The van der Waals surface area contributed by atoms with Crippen molar-refractivity contribution in [2.45, 2.75) is 59.0 Å². The van der Waals surface area contributed by atoms with Crippen LogP contribution in [0.25, 0.3) is 11.0 Å². The molecule has 0 aliphatic rings. The molecular formula is C24H28N6O4. The van der Waals surface area contributed by atoms with Crippen LogP contribution in [0.15, 0.2) is 42.7 Å². The number of fused-ring (bicyclic) bond motifs is 2. The summed E-state index contributed by atoms with van der Waals surface area (Å²) in [6.45, 7) is 9.30. The standard InChI is InChI=1S/C24H28N6O4/c1-6-17-22(30(32)33)19-11-10-16(14-29(19)26-17)13-15(2)20-21(25-23(31)34-24(3,4)5)18-9-7-8-12-28(18)27-20/h7-12,14-15H,6,13H2,1-5H3,(H,25,31)/t15-/m1/s1. The minimum Gasteiger partial charge on any atom is -0.444 e. The van der Waals surface area contributed by atoms with Gasteiger partial charge >= 0.3 is 11.8 Å². The number of ether oxygens (including phenoxy) is 1. The second-order valence-corrected chi connectivity index (χ2v) is 9.30. The highest BCUT2D eigenvalue weighted by Gasteiger charge is 2.25. The minimum atomic E-state index is -0.627. The number of aromatic nitrogens is 4. The molecule has 1 N–H and O–H groups in total. The van der Waals surface area contributed by atoms with Gasteiger partial charge in [-0.2, -0.15) is 10.2 Å². The maximum atomic E-state index is 12.5. The summed E-state index contributed by atoms with van der Waals surface area (Å²) in [5, 5.41) is 23.5. The number of carbonyl (C=O) groups is 1. The Morgan fingerprint density at radius 1 is 1.18 bits per heavy atom. The first kappa shape index (κ1) is 23.2. The van der Waals surface area contributed by atoms with Gasteiger partial charge in [-0.1, -0.05) is 26.0 Å². The van der Waals surface area contributed by atoms with E-state index < -0.39 is 11.7 Å². The van der Waals surface area contributed by atoms with Gasteiger partial charge in [0, 0.05) is 18.3 Å². The van der Waals surface area contributed by atoms with E-state index >= 15 is 0 Å². The van der Waals surface area contributed by atoms with Crippen molar-refractivity contribution < 1.29 is 14.5 Å². The van der Waals surface area contributed by atoms with Crippen molar-refractivity contribution in [1.29, 1.82) is 0 Å². The van der Waals surface area contributed by atoms with E-state index in [2.05, 4.69) is 10.4 Å². The number of hydrogen-bond donors (Lipinski definition) is 1. The Labute approximate surface area is 196 Å². The Hall–Kier alpha value is -3.95. The Kier molecular flexibility index (Phi) is 5.99. The number of pyridine rings is 2. The van der Waals surface area contributed by atoms with Crippen LogP contribution in [0.1, 0.15) is 57.5 Å². The van der Waals surface area contributed by atoms with E-state index in [9.17, 15) is 14.9 Å². The summed E-state index contributed by atoms with van der Waals surface area (Å²) in [5.41, 5.74) is 3.38. The summed E-state index contributed by atoms with van der Waals surface area (Å²) in [6, 6.07) is 9.24. The van der Waals surface area contributed by atoms with Gasteiger partial charge in [0.25, 0.3) is 0 Å². The van der Waals surface area contributed by atoms with Gasteiger partial charge in [0.05, 0.1) is 21.8 Å². The molecule has 0 unspecified atom stereocenters. The van der Waals surface area contributed by atoms with Gasteiger partial charge in [0.15, 0.2) is 0 Å². The topological polar surface area (TPSA) is 116 Å². The van der Waals surface area contributed by atoms with Crippen LogP contribution in [0.2, 0.25) is 0 Å². The zero-order chi connectivity index (χ0) is 24.6. The van der Waals surface area contributed by atoms with E-state index in [1.807, 2.05) is 71.3 Å². The van der Waals surface area contributed by atoms with E-state index in [0.29, 0.717) is 29.7 Å². The molecule has 0 aliphatic carbocycles. The number of nitro groups is 1. The number of hydrogen-bond acceptors (Lipinski definition) is 6. The molecule has 10 heteroatoms. The van der Waals surface area contributed by atoms with Crippen molar-refractivity contribution in [3.8, 4) is 0 Å². The van der Waals surface area contributed by atoms with Gasteiger partial charge in [-0.05, 0) is 57.4 Å².